The molecule has 2 unspecified atom stereocenters. The van der Waals surface area contributed by atoms with Gasteiger partial charge >= 0.3 is 5.97 Å². The van der Waals surface area contributed by atoms with E-state index >= 15 is 0 Å². The number of nitrogens with two attached hydrogens (primary N) is 1. The first-order chi connectivity index (χ1) is 7.27. The van der Waals surface area contributed by atoms with Crippen molar-refractivity contribution in [3.8, 4) is 0 Å². The molecule has 1 rings (SSSR count). The highest BCUT2D eigenvalue weighted by Crippen LogP contribution is 2.29. The minimum absolute atomic E-state index is 0.0942. The molecule has 0 bridgehead atoms. The molecule has 2 atom stereocenters. The number of carboxylic acid groups (broad SMARTS) is 1. The standard InChI is InChI=1S/C11H20N2O3/c1-11(2,3)9(10(15)16)13-6-7(5-12)4-8(13)14/h7,9H,4-6,12H2,1-3H3,(H,15,16). The molecule has 1 aliphatic rings. The van der Waals surface area contributed by atoms with E-state index in [0.29, 0.717) is 19.5 Å². The van der Waals surface area contributed by atoms with Gasteiger partial charge < -0.3 is 15.7 Å². The van der Waals surface area contributed by atoms with Crippen molar-refractivity contribution in [2.75, 3.05) is 13.1 Å². The fraction of sp³-hybridized carbons (Fsp3) is 0.818. The first-order valence-corrected chi connectivity index (χ1v) is 5.49. The smallest absolute Gasteiger partial charge is 0.326 e. The molecule has 0 aliphatic carbocycles. The van der Waals surface area contributed by atoms with Crippen LogP contribution in [0.1, 0.15) is 27.2 Å². The molecular formula is C11H20N2O3. The Kier molecular flexibility index (Phi) is 3.57. The molecule has 0 aromatic carbocycles. The van der Waals surface area contributed by atoms with Crippen LogP contribution in [0.2, 0.25) is 0 Å². The van der Waals surface area contributed by atoms with E-state index in [1.165, 1.54) is 4.90 Å². The topological polar surface area (TPSA) is 83.6 Å². The van der Waals surface area contributed by atoms with Crippen molar-refractivity contribution in [1.29, 1.82) is 0 Å². The van der Waals surface area contributed by atoms with E-state index in [-0.39, 0.29) is 11.8 Å². The third-order valence-electron chi connectivity index (χ3n) is 2.94. The minimum Gasteiger partial charge on any atom is -0.480 e. The highest BCUT2D eigenvalue weighted by Gasteiger charge is 2.43. The fourth-order valence-electron chi connectivity index (χ4n) is 2.19. The summed E-state index contributed by atoms with van der Waals surface area (Å²) in [5.74, 6) is -0.951. The van der Waals surface area contributed by atoms with Crippen LogP contribution < -0.4 is 5.73 Å². The summed E-state index contributed by atoms with van der Waals surface area (Å²) in [6.07, 6.45) is 0.371. The Hall–Kier alpha value is -1.10. The van der Waals surface area contributed by atoms with Gasteiger partial charge in [0.2, 0.25) is 5.91 Å². The van der Waals surface area contributed by atoms with Crippen molar-refractivity contribution < 1.29 is 14.7 Å². The zero-order valence-electron chi connectivity index (χ0n) is 10.1. The average Bonchev–Trinajstić information content (AvgIpc) is 2.44. The van der Waals surface area contributed by atoms with E-state index in [0.717, 1.165) is 0 Å². The van der Waals surface area contributed by atoms with Gasteiger partial charge in [-0.15, -0.1) is 0 Å². The predicted octanol–water partition coefficient (Wildman–Crippen LogP) is 0.293. The van der Waals surface area contributed by atoms with Gasteiger partial charge in [-0.25, -0.2) is 4.79 Å². The third kappa shape index (κ3) is 2.52. The second kappa shape index (κ2) is 4.41. The van der Waals surface area contributed by atoms with E-state index in [9.17, 15) is 14.7 Å². The van der Waals surface area contributed by atoms with Crippen molar-refractivity contribution in [3.63, 3.8) is 0 Å². The number of carbonyl (C=O) groups is 2. The van der Waals surface area contributed by atoms with Gasteiger partial charge in [0, 0.05) is 13.0 Å². The Labute approximate surface area is 95.6 Å². The number of carbonyl (C=O) groups excluding carboxylic acids is 1. The Morgan fingerprint density at radius 3 is 2.50 bits per heavy atom. The summed E-state index contributed by atoms with van der Waals surface area (Å²) in [5.41, 5.74) is 5.05. The molecule has 16 heavy (non-hydrogen) atoms. The lowest BCUT2D eigenvalue weighted by Crippen LogP contribution is -2.50. The van der Waals surface area contributed by atoms with Crippen LogP contribution >= 0.6 is 0 Å². The first kappa shape index (κ1) is 13.0. The maximum absolute atomic E-state index is 11.7. The lowest BCUT2D eigenvalue weighted by atomic mass is 9.85. The first-order valence-electron chi connectivity index (χ1n) is 5.49. The molecule has 1 amide bonds. The predicted molar refractivity (Wildman–Crippen MR) is 59.8 cm³/mol. The van der Waals surface area contributed by atoms with Gasteiger partial charge in [-0.2, -0.15) is 0 Å². The second-order valence-electron chi connectivity index (χ2n) is 5.46. The SMILES string of the molecule is CC(C)(C)C(C(=O)O)N1CC(CN)CC1=O. The summed E-state index contributed by atoms with van der Waals surface area (Å²) >= 11 is 0. The van der Waals surface area contributed by atoms with Gasteiger partial charge in [0.25, 0.3) is 0 Å². The van der Waals surface area contributed by atoms with Gasteiger partial charge in [-0.1, -0.05) is 20.8 Å². The highest BCUT2D eigenvalue weighted by atomic mass is 16.4. The monoisotopic (exact) mass is 228 g/mol. The van der Waals surface area contributed by atoms with Crippen LogP contribution in [0.5, 0.6) is 0 Å². The van der Waals surface area contributed by atoms with Crippen LogP contribution in [-0.2, 0) is 9.59 Å². The minimum atomic E-state index is -0.946. The molecule has 0 saturated carbocycles. The fourth-order valence-corrected chi connectivity index (χ4v) is 2.19. The van der Waals surface area contributed by atoms with E-state index in [1.807, 2.05) is 20.8 Å². The van der Waals surface area contributed by atoms with E-state index in [4.69, 9.17) is 5.73 Å². The molecule has 5 heteroatoms. The van der Waals surface area contributed by atoms with Crippen LogP contribution in [0.15, 0.2) is 0 Å². The van der Waals surface area contributed by atoms with E-state index < -0.39 is 17.4 Å². The summed E-state index contributed by atoms with van der Waals surface area (Å²) in [7, 11) is 0. The average molecular weight is 228 g/mol. The molecule has 0 radical (unpaired) electrons. The Bertz CT molecular complexity index is 296. The summed E-state index contributed by atoms with van der Waals surface area (Å²) in [6.45, 7) is 6.38. The molecule has 5 nitrogen and oxygen atoms in total. The van der Waals surface area contributed by atoms with E-state index in [2.05, 4.69) is 0 Å². The van der Waals surface area contributed by atoms with Gasteiger partial charge in [0.05, 0.1) is 0 Å². The molecule has 1 heterocycles. The van der Waals surface area contributed by atoms with Crippen molar-refractivity contribution in [3.05, 3.63) is 0 Å². The summed E-state index contributed by atoms with van der Waals surface area (Å²) in [6, 6.07) is -0.767. The van der Waals surface area contributed by atoms with E-state index in [1.54, 1.807) is 0 Å². The Morgan fingerprint density at radius 2 is 2.19 bits per heavy atom. The number of hydrogen-bond acceptors (Lipinski definition) is 3. The van der Waals surface area contributed by atoms with Crippen molar-refractivity contribution in [1.82, 2.24) is 4.90 Å². The van der Waals surface area contributed by atoms with Crippen molar-refractivity contribution in [2.24, 2.45) is 17.1 Å². The van der Waals surface area contributed by atoms with Crippen LogP contribution in [0, 0.1) is 11.3 Å². The zero-order valence-corrected chi connectivity index (χ0v) is 10.1. The van der Waals surface area contributed by atoms with Gasteiger partial charge in [-0.3, -0.25) is 4.79 Å². The Morgan fingerprint density at radius 1 is 1.62 bits per heavy atom. The molecule has 1 saturated heterocycles. The third-order valence-corrected chi connectivity index (χ3v) is 2.94. The maximum Gasteiger partial charge on any atom is 0.326 e. The van der Waals surface area contributed by atoms with Gasteiger partial charge in [0.15, 0.2) is 0 Å². The second-order valence-corrected chi connectivity index (χ2v) is 5.46. The highest BCUT2D eigenvalue weighted by molar-refractivity contribution is 5.85. The summed E-state index contributed by atoms with van der Waals surface area (Å²) in [4.78, 5) is 24.4. The van der Waals surface area contributed by atoms with Crippen molar-refractivity contribution in [2.45, 2.75) is 33.2 Å². The summed E-state index contributed by atoms with van der Waals surface area (Å²) in [5, 5.41) is 9.22. The molecule has 0 spiro atoms. The number of likely N-dealkylation sites (tertiary alicyclic amines) is 1. The number of amides is 1. The van der Waals surface area contributed by atoms with Crippen LogP contribution in [0.25, 0.3) is 0 Å². The lowest BCUT2D eigenvalue weighted by molar-refractivity contribution is -0.153. The van der Waals surface area contributed by atoms with Crippen molar-refractivity contribution >= 4 is 11.9 Å². The summed E-state index contributed by atoms with van der Waals surface area (Å²) < 4.78 is 0. The molecule has 1 aliphatic heterocycles. The maximum atomic E-state index is 11.7. The van der Waals surface area contributed by atoms with Gasteiger partial charge in [-0.05, 0) is 17.9 Å². The van der Waals surface area contributed by atoms with Gasteiger partial charge in [0.1, 0.15) is 6.04 Å². The molecule has 92 valence electrons. The normalized spacial score (nSPS) is 23.6. The molecule has 0 aromatic rings. The number of carboxylic acids is 1. The van der Waals surface area contributed by atoms with Crippen LogP contribution in [0.4, 0.5) is 0 Å². The number of hydrogen-bond donors (Lipinski definition) is 2. The zero-order chi connectivity index (χ0) is 12.5. The number of aliphatic carboxylic acids is 1. The molecule has 1 fully saturated rings. The number of nitrogens with zero attached hydrogens (tertiary/aromatic N) is 1. The molecule has 3 N–H and O–H groups in total. The quantitative estimate of drug-likeness (QED) is 0.727. The Balaban J connectivity index is 2.89. The molecular weight excluding hydrogens is 208 g/mol. The lowest BCUT2D eigenvalue weighted by Gasteiger charge is -2.34. The van der Waals surface area contributed by atoms with Crippen LogP contribution in [-0.4, -0.2) is 41.0 Å². The largest absolute Gasteiger partial charge is 0.480 e. The molecule has 0 aromatic heterocycles. The van der Waals surface area contributed by atoms with Crippen LogP contribution in [0.3, 0.4) is 0 Å². The number of rotatable bonds is 3.